The molecule has 2 aliphatic rings. The summed E-state index contributed by atoms with van der Waals surface area (Å²) in [5, 5.41) is 15.8. The van der Waals surface area contributed by atoms with Gasteiger partial charge in [0.15, 0.2) is 0 Å². The highest BCUT2D eigenvalue weighted by Gasteiger charge is 2.37. The fraction of sp³-hybridized carbons (Fsp3) is 0.484. The Kier molecular flexibility index (Phi) is 8.04. The van der Waals surface area contributed by atoms with Crippen molar-refractivity contribution in [3.8, 4) is 0 Å². The highest BCUT2D eigenvalue weighted by molar-refractivity contribution is 7.08. The molecule has 2 saturated heterocycles. The standard InChI is InChI=1S/C31H40N2OS/c1-25-7-5-10-27(19-25)20-33-22-29(30(23-33)28-12-18-35-24-28)21-32-16-14-31(34,15-17-32)13-6-11-26-8-3-2-4-9-26/h2-5,7-10,12,18-19,24,29-30,34H,6,11,13-17,20-23H2,1H3. The summed E-state index contributed by atoms with van der Waals surface area (Å²) in [5.74, 6) is 1.26. The lowest BCUT2D eigenvalue weighted by Crippen LogP contribution is -2.46. The molecule has 0 saturated carbocycles. The maximum atomic E-state index is 11.2. The molecule has 3 aromatic rings. The maximum absolute atomic E-state index is 11.2. The van der Waals surface area contributed by atoms with Gasteiger partial charge < -0.3 is 10.0 Å². The van der Waals surface area contributed by atoms with E-state index in [9.17, 15) is 5.11 Å². The van der Waals surface area contributed by atoms with E-state index in [1.165, 1.54) is 22.3 Å². The van der Waals surface area contributed by atoms with E-state index in [1.807, 2.05) is 11.3 Å². The molecule has 1 N–H and O–H groups in total. The van der Waals surface area contributed by atoms with Crippen molar-refractivity contribution in [2.45, 2.75) is 57.1 Å². The number of likely N-dealkylation sites (tertiary alicyclic amines) is 2. The predicted molar refractivity (Wildman–Crippen MR) is 147 cm³/mol. The zero-order valence-corrected chi connectivity index (χ0v) is 21.9. The summed E-state index contributed by atoms with van der Waals surface area (Å²) in [6, 6.07) is 22.0. The summed E-state index contributed by atoms with van der Waals surface area (Å²) in [6.07, 6.45) is 4.86. The monoisotopic (exact) mass is 488 g/mol. The van der Waals surface area contributed by atoms with Crippen LogP contribution in [0.25, 0.3) is 0 Å². The molecule has 1 aromatic heterocycles. The molecule has 0 radical (unpaired) electrons. The lowest BCUT2D eigenvalue weighted by atomic mass is 9.84. The lowest BCUT2D eigenvalue weighted by Gasteiger charge is -2.39. The summed E-state index contributed by atoms with van der Waals surface area (Å²) < 4.78 is 0. The Balaban J connectivity index is 1.14. The molecule has 186 valence electrons. The number of thiophene rings is 1. The van der Waals surface area contributed by atoms with E-state index in [2.05, 4.69) is 88.1 Å². The lowest BCUT2D eigenvalue weighted by molar-refractivity contribution is -0.0316. The third-order valence-electron chi connectivity index (χ3n) is 8.21. The molecule has 0 spiro atoms. The van der Waals surface area contributed by atoms with Gasteiger partial charge in [0.1, 0.15) is 0 Å². The molecule has 2 atom stereocenters. The number of hydrogen-bond donors (Lipinski definition) is 1. The Morgan fingerprint density at radius 2 is 1.74 bits per heavy atom. The van der Waals surface area contributed by atoms with E-state index in [4.69, 9.17) is 0 Å². The predicted octanol–water partition coefficient (Wildman–Crippen LogP) is 6.12. The molecule has 4 heteroatoms. The highest BCUT2D eigenvalue weighted by Crippen LogP contribution is 2.36. The molecular weight excluding hydrogens is 448 g/mol. The summed E-state index contributed by atoms with van der Waals surface area (Å²) in [7, 11) is 0. The van der Waals surface area contributed by atoms with Gasteiger partial charge >= 0.3 is 0 Å². The van der Waals surface area contributed by atoms with Crippen molar-refractivity contribution >= 4 is 11.3 Å². The third kappa shape index (κ3) is 6.62. The van der Waals surface area contributed by atoms with Crippen molar-refractivity contribution in [1.29, 1.82) is 0 Å². The van der Waals surface area contributed by atoms with Crippen LogP contribution in [0.3, 0.4) is 0 Å². The van der Waals surface area contributed by atoms with Gasteiger partial charge in [-0.25, -0.2) is 0 Å². The van der Waals surface area contributed by atoms with Crippen LogP contribution in [0.2, 0.25) is 0 Å². The Morgan fingerprint density at radius 3 is 2.49 bits per heavy atom. The van der Waals surface area contributed by atoms with Gasteiger partial charge in [0.2, 0.25) is 0 Å². The first-order valence-corrected chi connectivity index (χ1v) is 14.3. The molecular formula is C31H40N2OS. The van der Waals surface area contributed by atoms with Gasteiger partial charge in [0, 0.05) is 45.2 Å². The van der Waals surface area contributed by atoms with E-state index in [0.29, 0.717) is 11.8 Å². The molecule has 3 nitrogen and oxygen atoms in total. The number of nitrogens with zero attached hydrogens (tertiary/aromatic N) is 2. The van der Waals surface area contributed by atoms with Gasteiger partial charge in [0.25, 0.3) is 0 Å². The summed E-state index contributed by atoms with van der Waals surface area (Å²) in [4.78, 5) is 5.29. The van der Waals surface area contributed by atoms with E-state index >= 15 is 0 Å². The van der Waals surface area contributed by atoms with Gasteiger partial charge in [-0.2, -0.15) is 11.3 Å². The smallest absolute Gasteiger partial charge is 0.0672 e. The van der Waals surface area contributed by atoms with E-state index < -0.39 is 5.60 Å². The van der Waals surface area contributed by atoms with E-state index in [-0.39, 0.29) is 0 Å². The van der Waals surface area contributed by atoms with E-state index in [0.717, 1.165) is 71.4 Å². The SMILES string of the molecule is Cc1cccc(CN2CC(CN3CCC(O)(CCCc4ccccc4)CC3)C(c3ccsc3)C2)c1. The molecule has 0 aliphatic carbocycles. The molecule has 5 rings (SSSR count). The first kappa shape index (κ1) is 24.7. The summed E-state index contributed by atoms with van der Waals surface area (Å²) >= 11 is 1.82. The second-order valence-corrected chi connectivity index (χ2v) is 11.8. The molecule has 2 aromatic carbocycles. The summed E-state index contributed by atoms with van der Waals surface area (Å²) in [6.45, 7) is 8.71. The van der Waals surface area contributed by atoms with Crippen molar-refractivity contribution in [1.82, 2.24) is 9.80 Å². The molecule has 0 bridgehead atoms. The van der Waals surface area contributed by atoms with Crippen LogP contribution < -0.4 is 0 Å². The van der Waals surface area contributed by atoms with Gasteiger partial charge in [-0.1, -0.05) is 60.2 Å². The average molecular weight is 489 g/mol. The van der Waals surface area contributed by atoms with Gasteiger partial charge in [0.05, 0.1) is 5.60 Å². The van der Waals surface area contributed by atoms with Gasteiger partial charge in [-0.3, -0.25) is 4.90 Å². The minimum Gasteiger partial charge on any atom is -0.390 e. The van der Waals surface area contributed by atoms with Gasteiger partial charge in [-0.15, -0.1) is 0 Å². The van der Waals surface area contributed by atoms with Crippen molar-refractivity contribution in [2.75, 3.05) is 32.7 Å². The van der Waals surface area contributed by atoms with Crippen LogP contribution in [0.15, 0.2) is 71.4 Å². The van der Waals surface area contributed by atoms with Crippen LogP contribution in [0.1, 0.15) is 53.9 Å². The number of piperidine rings is 1. The Bertz CT molecular complexity index is 1040. The average Bonchev–Trinajstić information content (AvgIpc) is 3.52. The maximum Gasteiger partial charge on any atom is 0.0672 e. The number of benzene rings is 2. The first-order valence-electron chi connectivity index (χ1n) is 13.3. The van der Waals surface area contributed by atoms with Gasteiger partial charge in [-0.05, 0) is 78.5 Å². The van der Waals surface area contributed by atoms with E-state index in [1.54, 1.807) is 0 Å². The normalized spacial score (nSPS) is 23.0. The van der Waals surface area contributed by atoms with Crippen molar-refractivity contribution < 1.29 is 5.11 Å². The topological polar surface area (TPSA) is 26.7 Å². The Hall–Kier alpha value is -1.98. The van der Waals surface area contributed by atoms with Crippen LogP contribution in [0, 0.1) is 12.8 Å². The largest absolute Gasteiger partial charge is 0.390 e. The minimum absolute atomic E-state index is 0.481. The van der Waals surface area contributed by atoms with Crippen LogP contribution in [0.5, 0.6) is 0 Å². The fourth-order valence-corrected chi connectivity index (χ4v) is 6.93. The number of aryl methyl sites for hydroxylation is 2. The fourth-order valence-electron chi connectivity index (χ4n) is 6.21. The first-order chi connectivity index (χ1) is 17.1. The molecule has 3 heterocycles. The summed E-state index contributed by atoms with van der Waals surface area (Å²) in [5.41, 5.74) is 5.18. The Morgan fingerprint density at radius 1 is 0.943 bits per heavy atom. The zero-order chi connectivity index (χ0) is 24.1. The third-order valence-corrected chi connectivity index (χ3v) is 8.91. The molecule has 35 heavy (non-hydrogen) atoms. The molecule has 2 aliphatic heterocycles. The van der Waals surface area contributed by atoms with Crippen LogP contribution in [-0.4, -0.2) is 53.2 Å². The van der Waals surface area contributed by atoms with Crippen molar-refractivity contribution in [2.24, 2.45) is 5.92 Å². The minimum atomic E-state index is -0.481. The van der Waals surface area contributed by atoms with Crippen molar-refractivity contribution in [3.63, 3.8) is 0 Å². The number of rotatable bonds is 9. The Labute approximate surface area is 215 Å². The number of hydrogen-bond acceptors (Lipinski definition) is 4. The second kappa shape index (κ2) is 11.4. The number of aliphatic hydroxyl groups is 1. The molecule has 2 fully saturated rings. The second-order valence-electron chi connectivity index (χ2n) is 11.0. The molecule has 0 amide bonds. The van der Waals surface area contributed by atoms with Crippen LogP contribution >= 0.6 is 11.3 Å². The van der Waals surface area contributed by atoms with Crippen LogP contribution in [-0.2, 0) is 13.0 Å². The molecule has 2 unspecified atom stereocenters. The zero-order valence-electron chi connectivity index (χ0n) is 21.1. The van der Waals surface area contributed by atoms with Crippen molar-refractivity contribution in [3.05, 3.63) is 93.7 Å². The highest BCUT2D eigenvalue weighted by atomic mass is 32.1. The quantitative estimate of drug-likeness (QED) is 0.393. The van der Waals surface area contributed by atoms with Crippen LogP contribution in [0.4, 0.5) is 0 Å².